The number of rotatable bonds is 2. The summed E-state index contributed by atoms with van der Waals surface area (Å²) < 4.78 is 16.7. The average molecular weight is 238 g/mol. The molecular formula is C12H18N2O3. The van der Waals surface area contributed by atoms with Crippen LogP contribution in [0.2, 0.25) is 0 Å². The van der Waals surface area contributed by atoms with Crippen LogP contribution < -0.4 is 5.32 Å². The standard InChI is InChI=1S/C12H18N2O3/c1-2-11(15-7-1)12-16-8-10(9-17-12)14-5-3-13-4-6-14/h1-2,7,10,12-13H,3-6,8-9H2. The zero-order valence-corrected chi connectivity index (χ0v) is 9.80. The summed E-state index contributed by atoms with van der Waals surface area (Å²) >= 11 is 0. The molecule has 0 saturated carbocycles. The van der Waals surface area contributed by atoms with E-state index in [1.54, 1.807) is 6.26 Å². The van der Waals surface area contributed by atoms with E-state index in [4.69, 9.17) is 13.9 Å². The lowest BCUT2D eigenvalue weighted by atomic mass is 10.2. The first kappa shape index (κ1) is 11.2. The smallest absolute Gasteiger partial charge is 0.217 e. The molecule has 0 spiro atoms. The van der Waals surface area contributed by atoms with Crippen molar-refractivity contribution in [1.29, 1.82) is 0 Å². The van der Waals surface area contributed by atoms with Crippen LogP contribution in [-0.2, 0) is 9.47 Å². The second-order valence-electron chi connectivity index (χ2n) is 4.45. The van der Waals surface area contributed by atoms with Crippen LogP contribution in [0.5, 0.6) is 0 Å². The summed E-state index contributed by atoms with van der Waals surface area (Å²) in [5, 5.41) is 3.35. The molecule has 5 nitrogen and oxygen atoms in total. The summed E-state index contributed by atoms with van der Waals surface area (Å²) in [4.78, 5) is 2.43. The molecule has 0 aliphatic carbocycles. The molecule has 1 aromatic rings. The third-order valence-electron chi connectivity index (χ3n) is 3.32. The lowest BCUT2D eigenvalue weighted by Gasteiger charge is -2.38. The van der Waals surface area contributed by atoms with Crippen molar-refractivity contribution >= 4 is 0 Å². The molecule has 2 aliphatic rings. The maximum absolute atomic E-state index is 5.71. The van der Waals surface area contributed by atoms with Gasteiger partial charge in [0.1, 0.15) is 0 Å². The van der Waals surface area contributed by atoms with Gasteiger partial charge in [0, 0.05) is 26.2 Å². The quantitative estimate of drug-likeness (QED) is 0.817. The predicted molar refractivity (Wildman–Crippen MR) is 61.6 cm³/mol. The molecule has 0 bridgehead atoms. The highest BCUT2D eigenvalue weighted by Gasteiger charge is 2.29. The van der Waals surface area contributed by atoms with Crippen molar-refractivity contribution in [2.75, 3.05) is 39.4 Å². The van der Waals surface area contributed by atoms with E-state index in [1.807, 2.05) is 12.1 Å². The van der Waals surface area contributed by atoms with Crippen molar-refractivity contribution in [2.24, 2.45) is 0 Å². The molecule has 1 aromatic heterocycles. The maximum Gasteiger partial charge on any atom is 0.217 e. The number of hydrogen-bond donors (Lipinski definition) is 1. The highest BCUT2D eigenvalue weighted by molar-refractivity contribution is 5.00. The van der Waals surface area contributed by atoms with Crippen molar-refractivity contribution in [2.45, 2.75) is 12.3 Å². The highest BCUT2D eigenvalue weighted by atomic mass is 16.7. The van der Waals surface area contributed by atoms with Crippen molar-refractivity contribution < 1.29 is 13.9 Å². The van der Waals surface area contributed by atoms with Gasteiger partial charge in [0.05, 0.1) is 25.5 Å². The monoisotopic (exact) mass is 238 g/mol. The van der Waals surface area contributed by atoms with Crippen molar-refractivity contribution in [3.05, 3.63) is 24.2 Å². The Labute approximate surface area is 101 Å². The fourth-order valence-electron chi connectivity index (χ4n) is 2.34. The average Bonchev–Trinajstić information content (AvgIpc) is 2.94. The van der Waals surface area contributed by atoms with Gasteiger partial charge in [-0.3, -0.25) is 4.90 Å². The number of ether oxygens (including phenoxy) is 2. The summed E-state index contributed by atoms with van der Waals surface area (Å²) in [6.07, 6.45) is 1.31. The molecule has 2 aliphatic heterocycles. The normalized spacial score (nSPS) is 31.5. The Hall–Kier alpha value is -0.880. The Bertz CT molecular complexity index is 328. The Morgan fingerprint density at radius 1 is 1.18 bits per heavy atom. The molecule has 0 unspecified atom stereocenters. The first-order valence-corrected chi connectivity index (χ1v) is 6.15. The number of piperazine rings is 1. The van der Waals surface area contributed by atoms with Gasteiger partial charge in [0.2, 0.25) is 6.29 Å². The van der Waals surface area contributed by atoms with Crippen LogP contribution in [0.3, 0.4) is 0 Å². The second kappa shape index (κ2) is 5.18. The molecular weight excluding hydrogens is 220 g/mol. The summed E-state index contributed by atoms with van der Waals surface area (Å²) in [6, 6.07) is 4.11. The van der Waals surface area contributed by atoms with Gasteiger partial charge in [0.15, 0.2) is 5.76 Å². The topological polar surface area (TPSA) is 46.9 Å². The first-order chi connectivity index (χ1) is 8.43. The van der Waals surface area contributed by atoms with Crippen LogP contribution in [0.15, 0.2) is 22.8 Å². The molecule has 2 saturated heterocycles. The molecule has 0 aromatic carbocycles. The Balaban J connectivity index is 1.53. The van der Waals surface area contributed by atoms with Crippen molar-refractivity contribution in [1.82, 2.24) is 10.2 Å². The molecule has 1 N–H and O–H groups in total. The fraction of sp³-hybridized carbons (Fsp3) is 0.667. The van der Waals surface area contributed by atoms with E-state index < -0.39 is 0 Å². The summed E-state index contributed by atoms with van der Waals surface area (Å²) in [7, 11) is 0. The molecule has 0 amide bonds. The molecule has 94 valence electrons. The summed E-state index contributed by atoms with van der Waals surface area (Å²) in [5.41, 5.74) is 0. The number of furan rings is 1. The molecule has 0 atom stereocenters. The van der Waals surface area contributed by atoms with Crippen LogP contribution >= 0.6 is 0 Å². The Kier molecular flexibility index (Phi) is 3.42. The second-order valence-corrected chi connectivity index (χ2v) is 4.45. The minimum atomic E-state index is -0.329. The molecule has 0 radical (unpaired) electrons. The first-order valence-electron chi connectivity index (χ1n) is 6.15. The zero-order chi connectivity index (χ0) is 11.5. The van der Waals surface area contributed by atoms with Gasteiger partial charge in [-0.1, -0.05) is 0 Å². The van der Waals surface area contributed by atoms with Gasteiger partial charge < -0.3 is 19.2 Å². The SMILES string of the molecule is c1coc(C2OCC(N3CCNCC3)CO2)c1. The Morgan fingerprint density at radius 2 is 1.94 bits per heavy atom. The fourth-order valence-corrected chi connectivity index (χ4v) is 2.34. The van der Waals surface area contributed by atoms with E-state index in [0.717, 1.165) is 31.9 Å². The zero-order valence-electron chi connectivity index (χ0n) is 9.80. The van der Waals surface area contributed by atoms with Gasteiger partial charge in [-0.15, -0.1) is 0 Å². The van der Waals surface area contributed by atoms with E-state index in [0.29, 0.717) is 19.3 Å². The van der Waals surface area contributed by atoms with Gasteiger partial charge in [-0.05, 0) is 12.1 Å². The van der Waals surface area contributed by atoms with Gasteiger partial charge in [0.25, 0.3) is 0 Å². The third kappa shape index (κ3) is 2.52. The van der Waals surface area contributed by atoms with E-state index in [9.17, 15) is 0 Å². The third-order valence-corrected chi connectivity index (χ3v) is 3.32. The van der Waals surface area contributed by atoms with Crippen LogP contribution in [0.4, 0.5) is 0 Å². The predicted octanol–water partition coefficient (Wildman–Crippen LogP) is 0.599. The largest absolute Gasteiger partial charge is 0.464 e. The van der Waals surface area contributed by atoms with Gasteiger partial charge in [-0.2, -0.15) is 0 Å². The van der Waals surface area contributed by atoms with E-state index in [2.05, 4.69) is 10.2 Å². The lowest BCUT2D eigenvalue weighted by molar-refractivity contribution is -0.217. The van der Waals surface area contributed by atoms with Crippen LogP contribution in [0.1, 0.15) is 12.1 Å². The lowest BCUT2D eigenvalue weighted by Crippen LogP contribution is -2.53. The number of hydrogen-bond acceptors (Lipinski definition) is 5. The van der Waals surface area contributed by atoms with Crippen LogP contribution in [-0.4, -0.2) is 50.3 Å². The van der Waals surface area contributed by atoms with Gasteiger partial charge >= 0.3 is 0 Å². The summed E-state index contributed by atoms with van der Waals surface area (Å²) in [5.74, 6) is 0.753. The van der Waals surface area contributed by atoms with Gasteiger partial charge in [-0.25, -0.2) is 0 Å². The molecule has 2 fully saturated rings. The van der Waals surface area contributed by atoms with E-state index in [1.165, 1.54) is 0 Å². The molecule has 5 heteroatoms. The minimum absolute atomic E-state index is 0.329. The summed E-state index contributed by atoms with van der Waals surface area (Å²) in [6.45, 7) is 5.68. The van der Waals surface area contributed by atoms with Crippen molar-refractivity contribution in [3.63, 3.8) is 0 Å². The van der Waals surface area contributed by atoms with E-state index >= 15 is 0 Å². The molecule has 3 rings (SSSR count). The van der Waals surface area contributed by atoms with Crippen LogP contribution in [0.25, 0.3) is 0 Å². The highest BCUT2D eigenvalue weighted by Crippen LogP contribution is 2.24. The van der Waals surface area contributed by atoms with Crippen molar-refractivity contribution in [3.8, 4) is 0 Å². The Morgan fingerprint density at radius 3 is 2.59 bits per heavy atom. The van der Waals surface area contributed by atoms with E-state index in [-0.39, 0.29) is 6.29 Å². The van der Waals surface area contributed by atoms with Crippen LogP contribution in [0, 0.1) is 0 Å². The minimum Gasteiger partial charge on any atom is -0.464 e. The molecule has 3 heterocycles. The number of nitrogens with zero attached hydrogens (tertiary/aromatic N) is 1. The number of nitrogens with one attached hydrogen (secondary N) is 1. The molecule has 17 heavy (non-hydrogen) atoms. The maximum atomic E-state index is 5.71.